The summed E-state index contributed by atoms with van der Waals surface area (Å²) in [6.45, 7) is 3.11. The van der Waals surface area contributed by atoms with Gasteiger partial charge in [-0.25, -0.2) is 4.98 Å². The fourth-order valence-electron chi connectivity index (χ4n) is 2.91. The first-order chi connectivity index (χ1) is 11.6. The minimum atomic E-state index is -0.540. The molecule has 2 amide bonds. The van der Waals surface area contributed by atoms with Crippen molar-refractivity contribution in [1.82, 2.24) is 19.6 Å². The number of carbonyl (C=O) groups excluding carboxylic acids is 2. The Morgan fingerprint density at radius 2 is 2.08 bits per heavy atom. The molecule has 3 heterocycles. The zero-order valence-electron chi connectivity index (χ0n) is 13.8. The monoisotopic (exact) mass is 330 g/mol. The molecular formula is C17H22N4O3. The van der Waals surface area contributed by atoms with Crippen LogP contribution in [0.15, 0.2) is 30.7 Å². The molecule has 0 aromatic carbocycles. The summed E-state index contributed by atoms with van der Waals surface area (Å²) in [6.07, 6.45) is 8.56. The predicted molar refractivity (Wildman–Crippen MR) is 88.7 cm³/mol. The number of hydrogen-bond donors (Lipinski definition) is 1. The van der Waals surface area contributed by atoms with E-state index >= 15 is 0 Å². The standard InChI is InChI=1S/C17H22N4O3/c1-13(17(23)21-8-3-2-4-9-21)19-15(22)12-24-14-6-5-10-20-11-7-18-16(14)20/h5-7,10-11,13H,2-4,8-9,12H2,1H3,(H,19,22). The van der Waals surface area contributed by atoms with E-state index in [-0.39, 0.29) is 18.4 Å². The van der Waals surface area contributed by atoms with Crippen LogP contribution >= 0.6 is 0 Å². The van der Waals surface area contributed by atoms with Crippen molar-refractivity contribution >= 4 is 17.5 Å². The van der Waals surface area contributed by atoms with Crippen molar-refractivity contribution in [2.75, 3.05) is 19.7 Å². The van der Waals surface area contributed by atoms with Gasteiger partial charge in [-0.1, -0.05) is 0 Å². The van der Waals surface area contributed by atoms with Crippen molar-refractivity contribution < 1.29 is 14.3 Å². The van der Waals surface area contributed by atoms with Crippen LogP contribution in [0.5, 0.6) is 5.75 Å². The number of imidazole rings is 1. The highest BCUT2D eigenvalue weighted by Crippen LogP contribution is 2.17. The van der Waals surface area contributed by atoms with Gasteiger partial charge in [-0.3, -0.25) is 9.59 Å². The Labute approximate surface area is 140 Å². The molecule has 1 atom stereocenters. The lowest BCUT2D eigenvalue weighted by atomic mass is 10.1. The van der Waals surface area contributed by atoms with Gasteiger partial charge in [0.2, 0.25) is 5.91 Å². The maximum Gasteiger partial charge on any atom is 0.258 e. The highest BCUT2D eigenvalue weighted by atomic mass is 16.5. The SMILES string of the molecule is CC(NC(=O)COc1cccn2ccnc12)C(=O)N1CCCCC1. The number of nitrogens with zero attached hydrogens (tertiary/aromatic N) is 3. The fraction of sp³-hybridized carbons (Fsp3) is 0.471. The second kappa shape index (κ2) is 7.33. The Bertz CT molecular complexity index is 721. The Morgan fingerprint density at radius 1 is 1.29 bits per heavy atom. The number of aromatic nitrogens is 2. The number of piperidine rings is 1. The predicted octanol–water partition coefficient (Wildman–Crippen LogP) is 1.23. The van der Waals surface area contributed by atoms with E-state index in [2.05, 4.69) is 10.3 Å². The summed E-state index contributed by atoms with van der Waals surface area (Å²) in [4.78, 5) is 30.4. The molecule has 2 aromatic rings. The average Bonchev–Trinajstić information content (AvgIpc) is 3.09. The molecule has 1 saturated heterocycles. The zero-order valence-corrected chi connectivity index (χ0v) is 13.8. The molecule has 1 fully saturated rings. The van der Waals surface area contributed by atoms with E-state index < -0.39 is 6.04 Å². The summed E-state index contributed by atoms with van der Waals surface area (Å²) in [7, 11) is 0. The quantitative estimate of drug-likeness (QED) is 0.895. The third-order valence-corrected chi connectivity index (χ3v) is 4.16. The van der Waals surface area contributed by atoms with Gasteiger partial charge in [-0.15, -0.1) is 0 Å². The van der Waals surface area contributed by atoms with Crippen molar-refractivity contribution in [3.05, 3.63) is 30.7 Å². The highest BCUT2D eigenvalue weighted by Gasteiger charge is 2.23. The van der Waals surface area contributed by atoms with E-state index in [4.69, 9.17) is 4.74 Å². The van der Waals surface area contributed by atoms with E-state index in [1.807, 2.05) is 27.8 Å². The number of hydrogen-bond acceptors (Lipinski definition) is 4. The highest BCUT2D eigenvalue weighted by molar-refractivity contribution is 5.88. The third kappa shape index (κ3) is 3.67. The van der Waals surface area contributed by atoms with Crippen LogP contribution in [-0.4, -0.2) is 51.8 Å². The lowest BCUT2D eigenvalue weighted by Gasteiger charge is -2.29. The van der Waals surface area contributed by atoms with Crippen molar-refractivity contribution in [2.45, 2.75) is 32.2 Å². The molecule has 1 aliphatic heterocycles. The maximum absolute atomic E-state index is 12.3. The molecule has 7 heteroatoms. The number of likely N-dealkylation sites (tertiary alicyclic amines) is 1. The van der Waals surface area contributed by atoms with Crippen molar-refractivity contribution in [3.8, 4) is 5.75 Å². The molecule has 1 N–H and O–H groups in total. The molecule has 0 spiro atoms. The minimum Gasteiger partial charge on any atom is -0.480 e. The largest absolute Gasteiger partial charge is 0.480 e. The molecule has 0 saturated carbocycles. The second-order valence-electron chi connectivity index (χ2n) is 5.99. The number of amides is 2. The maximum atomic E-state index is 12.3. The Balaban J connectivity index is 1.51. The molecule has 1 aliphatic rings. The van der Waals surface area contributed by atoms with Crippen LogP contribution in [0.25, 0.3) is 5.65 Å². The number of rotatable bonds is 5. The van der Waals surface area contributed by atoms with Crippen molar-refractivity contribution in [1.29, 1.82) is 0 Å². The Kier molecular flexibility index (Phi) is 4.98. The number of carbonyl (C=O) groups is 2. The van der Waals surface area contributed by atoms with Gasteiger partial charge < -0.3 is 19.4 Å². The molecule has 3 rings (SSSR count). The van der Waals surface area contributed by atoms with Gasteiger partial charge in [0.05, 0.1) is 0 Å². The first-order valence-electron chi connectivity index (χ1n) is 8.28. The summed E-state index contributed by atoms with van der Waals surface area (Å²) in [5.74, 6) is 0.187. The number of pyridine rings is 1. The van der Waals surface area contributed by atoms with Gasteiger partial charge in [-0.05, 0) is 38.3 Å². The molecule has 128 valence electrons. The fourth-order valence-corrected chi connectivity index (χ4v) is 2.91. The van der Waals surface area contributed by atoms with Crippen LogP contribution in [0.4, 0.5) is 0 Å². The van der Waals surface area contributed by atoms with E-state index in [0.29, 0.717) is 11.4 Å². The number of ether oxygens (including phenoxy) is 1. The minimum absolute atomic E-state index is 0.0293. The van der Waals surface area contributed by atoms with Gasteiger partial charge in [0.1, 0.15) is 6.04 Å². The van der Waals surface area contributed by atoms with Gasteiger partial charge in [0.25, 0.3) is 5.91 Å². The second-order valence-corrected chi connectivity index (χ2v) is 5.99. The van der Waals surface area contributed by atoms with Crippen LogP contribution < -0.4 is 10.1 Å². The van der Waals surface area contributed by atoms with E-state index in [1.165, 1.54) is 0 Å². The molecular weight excluding hydrogens is 308 g/mol. The summed E-state index contributed by atoms with van der Waals surface area (Å²) < 4.78 is 7.36. The molecule has 7 nitrogen and oxygen atoms in total. The first kappa shape index (κ1) is 16.3. The Hall–Kier alpha value is -2.57. The first-order valence-corrected chi connectivity index (χ1v) is 8.28. The van der Waals surface area contributed by atoms with Gasteiger partial charge >= 0.3 is 0 Å². The molecule has 2 aromatic heterocycles. The van der Waals surface area contributed by atoms with Crippen molar-refractivity contribution in [3.63, 3.8) is 0 Å². The molecule has 1 unspecified atom stereocenters. The molecule has 24 heavy (non-hydrogen) atoms. The lowest BCUT2D eigenvalue weighted by Crippen LogP contribution is -2.49. The average molecular weight is 330 g/mol. The smallest absolute Gasteiger partial charge is 0.258 e. The normalized spacial score (nSPS) is 16.0. The molecule has 0 radical (unpaired) electrons. The van der Waals surface area contributed by atoms with Crippen LogP contribution in [0.1, 0.15) is 26.2 Å². The zero-order chi connectivity index (χ0) is 16.9. The van der Waals surface area contributed by atoms with E-state index in [9.17, 15) is 9.59 Å². The van der Waals surface area contributed by atoms with Crippen LogP contribution in [0, 0.1) is 0 Å². The van der Waals surface area contributed by atoms with E-state index in [1.54, 1.807) is 19.2 Å². The number of fused-ring (bicyclic) bond motifs is 1. The third-order valence-electron chi connectivity index (χ3n) is 4.16. The summed E-state index contributed by atoms with van der Waals surface area (Å²) in [6, 6.07) is 3.05. The van der Waals surface area contributed by atoms with Gasteiger partial charge in [-0.2, -0.15) is 0 Å². The van der Waals surface area contributed by atoms with Crippen LogP contribution in [-0.2, 0) is 9.59 Å². The number of nitrogens with one attached hydrogen (secondary N) is 1. The molecule has 0 bridgehead atoms. The van der Waals surface area contributed by atoms with Crippen LogP contribution in [0.3, 0.4) is 0 Å². The van der Waals surface area contributed by atoms with Crippen molar-refractivity contribution in [2.24, 2.45) is 0 Å². The summed E-state index contributed by atoms with van der Waals surface area (Å²) >= 11 is 0. The summed E-state index contributed by atoms with van der Waals surface area (Å²) in [5.41, 5.74) is 0.655. The molecule has 0 aliphatic carbocycles. The van der Waals surface area contributed by atoms with Gasteiger partial charge in [0.15, 0.2) is 18.0 Å². The topological polar surface area (TPSA) is 75.9 Å². The van der Waals surface area contributed by atoms with Gasteiger partial charge in [0, 0.05) is 31.7 Å². The summed E-state index contributed by atoms with van der Waals surface area (Å²) in [5, 5.41) is 2.71. The lowest BCUT2D eigenvalue weighted by molar-refractivity contribution is -0.137. The van der Waals surface area contributed by atoms with Crippen LogP contribution in [0.2, 0.25) is 0 Å². The Morgan fingerprint density at radius 3 is 2.88 bits per heavy atom. The van der Waals surface area contributed by atoms with E-state index in [0.717, 1.165) is 32.4 Å².